The van der Waals surface area contributed by atoms with Crippen molar-refractivity contribution in [1.29, 1.82) is 0 Å². The number of carbonyl (C=O) groups excluding carboxylic acids is 1. The summed E-state index contributed by atoms with van der Waals surface area (Å²) in [6, 6.07) is 6.43. The van der Waals surface area contributed by atoms with Gasteiger partial charge in [0, 0.05) is 9.82 Å². The van der Waals surface area contributed by atoms with Crippen molar-refractivity contribution in [1.82, 2.24) is 0 Å². The van der Waals surface area contributed by atoms with E-state index in [4.69, 9.17) is 15.5 Å². The van der Waals surface area contributed by atoms with Crippen LogP contribution in [-0.4, -0.2) is 14.3 Å². The van der Waals surface area contributed by atoms with Gasteiger partial charge in [0.1, 0.15) is 6.17 Å². The third-order valence-corrected chi connectivity index (χ3v) is 2.98. The maximum Gasteiger partial charge on any atom is 0.325 e. The average molecular weight is 290 g/mol. The van der Waals surface area contributed by atoms with E-state index in [1.54, 1.807) is 24.3 Å². The first-order chi connectivity index (χ1) is 9.39. The first kappa shape index (κ1) is 15.6. The zero-order valence-corrected chi connectivity index (χ0v) is 12.4. The Morgan fingerprint density at radius 2 is 1.75 bits per heavy atom. The molecule has 0 aromatic heterocycles. The van der Waals surface area contributed by atoms with E-state index < -0.39 is 20.5 Å². The Labute approximate surface area is 116 Å². The van der Waals surface area contributed by atoms with Gasteiger partial charge in [0.15, 0.2) is 0 Å². The Morgan fingerprint density at radius 1 is 1.20 bits per heavy atom. The Balaban J connectivity index is 3.25. The average Bonchev–Trinajstić information content (AvgIpc) is 2.36. The monoisotopic (exact) mass is 290 g/mol. The minimum Gasteiger partial charge on any atom is -0.516 e. The third-order valence-electron chi connectivity index (χ3n) is 2.18. The summed E-state index contributed by atoms with van der Waals surface area (Å²) in [6.07, 6.45) is -1.12. The molecule has 1 aromatic carbocycles. The SMILES string of the molecule is C[Si](C)(C)OC(=O)c1ccccc1C(N=[N+]=[N-])N=[N+]=[N-]. The molecule has 0 heterocycles. The van der Waals surface area contributed by atoms with Gasteiger partial charge >= 0.3 is 5.97 Å². The molecule has 0 aliphatic rings. The molecular formula is C11H14N6O2Si. The van der Waals surface area contributed by atoms with Crippen molar-refractivity contribution in [2.75, 3.05) is 0 Å². The third kappa shape index (κ3) is 4.32. The predicted molar refractivity (Wildman–Crippen MR) is 76.2 cm³/mol. The molecule has 0 fully saturated rings. The van der Waals surface area contributed by atoms with Crippen LogP contribution in [-0.2, 0) is 4.43 Å². The lowest BCUT2D eigenvalue weighted by Crippen LogP contribution is -2.29. The van der Waals surface area contributed by atoms with E-state index in [9.17, 15) is 4.79 Å². The molecule has 0 spiro atoms. The van der Waals surface area contributed by atoms with E-state index in [1.165, 1.54) is 0 Å². The topological polar surface area (TPSA) is 124 Å². The first-order valence-electron chi connectivity index (χ1n) is 5.79. The largest absolute Gasteiger partial charge is 0.516 e. The molecule has 0 N–H and O–H groups in total. The molecule has 0 saturated carbocycles. The molecule has 104 valence electrons. The number of benzene rings is 1. The minimum atomic E-state index is -2.05. The highest BCUT2D eigenvalue weighted by atomic mass is 28.4. The number of nitrogens with zero attached hydrogens (tertiary/aromatic N) is 6. The maximum atomic E-state index is 12.1. The number of rotatable bonds is 5. The number of hydrogen-bond acceptors (Lipinski definition) is 4. The molecule has 0 atom stereocenters. The molecule has 0 aliphatic heterocycles. The van der Waals surface area contributed by atoms with E-state index in [0.29, 0.717) is 5.56 Å². The lowest BCUT2D eigenvalue weighted by Gasteiger charge is -2.19. The van der Waals surface area contributed by atoms with E-state index >= 15 is 0 Å². The smallest absolute Gasteiger partial charge is 0.325 e. The van der Waals surface area contributed by atoms with Crippen LogP contribution in [0.2, 0.25) is 19.6 Å². The van der Waals surface area contributed by atoms with E-state index in [1.807, 2.05) is 19.6 Å². The zero-order chi connectivity index (χ0) is 15.2. The summed E-state index contributed by atoms with van der Waals surface area (Å²) in [4.78, 5) is 17.4. The van der Waals surface area contributed by atoms with E-state index in [-0.39, 0.29) is 5.56 Å². The number of hydrogen-bond donors (Lipinski definition) is 0. The van der Waals surface area contributed by atoms with Crippen LogP contribution in [0.15, 0.2) is 34.5 Å². The molecule has 0 radical (unpaired) electrons. The summed E-state index contributed by atoms with van der Waals surface area (Å²) in [5.41, 5.74) is 17.6. The number of azide groups is 1. The van der Waals surface area contributed by atoms with Crippen LogP contribution in [0, 0.1) is 0 Å². The van der Waals surface area contributed by atoms with Crippen LogP contribution < -0.4 is 0 Å². The fourth-order valence-electron chi connectivity index (χ4n) is 1.49. The molecule has 20 heavy (non-hydrogen) atoms. The van der Waals surface area contributed by atoms with Gasteiger partial charge in [-0.2, -0.15) is 0 Å². The van der Waals surface area contributed by atoms with Gasteiger partial charge in [-0.05, 0) is 42.3 Å². The van der Waals surface area contributed by atoms with Gasteiger partial charge in [0.05, 0.1) is 5.56 Å². The molecule has 0 aliphatic carbocycles. The molecule has 0 bridgehead atoms. The molecule has 9 heteroatoms. The Kier molecular flexibility index (Phi) is 5.16. The van der Waals surface area contributed by atoms with Crippen LogP contribution in [0.3, 0.4) is 0 Å². The summed E-state index contributed by atoms with van der Waals surface area (Å²) in [7, 11) is -2.05. The first-order valence-corrected chi connectivity index (χ1v) is 9.20. The van der Waals surface area contributed by atoms with Gasteiger partial charge in [-0.25, -0.2) is 4.79 Å². The van der Waals surface area contributed by atoms with Crippen LogP contribution in [0.25, 0.3) is 20.9 Å². The summed E-state index contributed by atoms with van der Waals surface area (Å²) in [6.45, 7) is 5.64. The summed E-state index contributed by atoms with van der Waals surface area (Å²) in [5, 5.41) is 6.77. The fourth-order valence-corrected chi connectivity index (χ4v) is 2.15. The highest BCUT2D eigenvalue weighted by Gasteiger charge is 2.24. The van der Waals surface area contributed by atoms with Crippen molar-refractivity contribution in [3.63, 3.8) is 0 Å². The maximum absolute atomic E-state index is 12.1. The quantitative estimate of drug-likeness (QED) is 0.347. The van der Waals surface area contributed by atoms with Crippen molar-refractivity contribution in [3.8, 4) is 0 Å². The van der Waals surface area contributed by atoms with Gasteiger partial charge in [-0.1, -0.05) is 28.4 Å². The fraction of sp³-hybridized carbons (Fsp3) is 0.364. The molecule has 0 amide bonds. The Morgan fingerprint density at radius 3 is 2.25 bits per heavy atom. The lowest BCUT2D eigenvalue weighted by molar-refractivity contribution is 0.0723. The summed E-state index contributed by atoms with van der Waals surface area (Å²) < 4.78 is 5.40. The molecule has 0 saturated heterocycles. The van der Waals surface area contributed by atoms with Crippen molar-refractivity contribution < 1.29 is 9.22 Å². The van der Waals surface area contributed by atoms with Gasteiger partial charge in [-0.3, -0.25) is 0 Å². The Bertz CT molecular complexity index is 581. The van der Waals surface area contributed by atoms with Crippen molar-refractivity contribution >= 4 is 14.3 Å². The van der Waals surface area contributed by atoms with Gasteiger partial charge in [-0.15, -0.1) is 0 Å². The van der Waals surface area contributed by atoms with Crippen molar-refractivity contribution in [2.45, 2.75) is 25.8 Å². The summed E-state index contributed by atoms with van der Waals surface area (Å²) in [5.74, 6) is -0.508. The minimum absolute atomic E-state index is 0.236. The van der Waals surface area contributed by atoms with Crippen LogP contribution >= 0.6 is 0 Å². The molecule has 0 unspecified atom stereocenters. The lowest BCUT2D eigenvalue weighted by atomic mass is 10.1. The van der Waals surface area contributed by atoms with Gasteiger partial charge in [0.2, 0.25) is 8.32 Å². The van der Waals surface area contributed by atoms with Crippen molar-refractivity contribution in [3.05, 3.63) is 56.3 Å². The second-order valence-corrected chi connectivity index (χ2v) is 9.30. The molecule has 1 rings (SSSR count). The zero-order valence-electron chi connectivity index (χ0n) is 11.4. The van der Waals surface area contributed by atoms with Crippen LogP contribution in [0.4, 0.5) is 0 Å². The molecule has 1 aromatic rings. The second kappa shape index (κ2) is 6.62. The highest BCUT2D eigenvalue weighted by molar-refractivity contribution is 6.71. The highest BCUT2D eigenvalue weighted by Crippen LogP contribution is 2.25. The normalized spacial score (nSPS) is 11.8. The second-order valence-electron chi connectivity index (χ2n) is 4.87. The summed E-state index contributed by atoms with van der Waals surface area (Å²) >= 11 is 0. The molecule has 8 nitrogen and oxygen atoms in total. The van der Waals surface area contributed by atoms with Crippen molar-refractivity contribution in [2.24, 2.45) is 10.2 Å². The van der Waals surface area contributed by atoms with Gasteiger partial charge < -0.3 is 4.43 Å². The van der Waals surface area contributed by atoms with E-state index in [0.717, 1.165) is 0 Å². The Hall–Kier alpha value is -2.47. The van der Waals surface area contributed by atoms with Crippen LogP contribution in [0.1, 0.15) is 22.1 Å². The van der Waals surface area contributed by atoms with Gasteiger partial charge in [0.25, 0.3) is 0 Å². The number of carbonyl (C=O) groups is 1. The van der Waals surface area contributed by atoms with E-state index in [2.05, 4.69) is 20.1 Å². The standard InChI is InChI=1S/C11H14N6O2Si/c1-20(2,3)19-11(18)9-7-5-4-6-8(9)10(14-16-12)15-17-13/h4-7,10H,1-3H3. The predicted octanol–water partition coefficient (Wildman–Crippen LogP) is 4.30. The molecular weight excluding hydrogens is 276 g/mol. The van der Waals surface area contributed by atoms with Crippen LogP contribution in [0.5, 0.6) is 0 Å².